The number of rotatable bonds is 7. The standard InChI is InChI=1S/C21H30ClFN6O2/c1-29-8-13(7-25-29)17-4-5-24-19(26-17)28-21-10-20(11-21,12-21)27-18(30)9-31-14-2-3-15(22)16(23)6-14/h2-3,6,13,17,19,24-26,28H,4-5,7-12H2,1H3,(H,27,30). The largest absolute Gasteiger partial charge is 0.484 e. The van der Waals surface area contributed by atoms with Gasteiger partial charge in [-0.15, -0.1) is 0 Å². The van der Waals surface area contributed by atoms with Crippen LogP contribution in [0.3, 0.4) is 0 Å². The summed E-state index contributed by atoms with van der Waals surface area (Å²) in [5, 5.41) is 16.3. The Bertz CT molecular complexity index is 837. The molecule has 3 unspecified atom stereocenters. The lowest BCUT2D eigenvalue weighted by atomic mass is 9.44. The summed E-state index contributed by atoms with van der Waals surface area (Å²) in [6, 6.07) is 4.65. The zero-order valence-corrected chi connectivity index (χ0v) is 18.4. The average molecular weight is 453 g/mol. The minimum atomic E-state index is -0.560. The van der Waals surface area contributed by atoms with E-state index in [1.165, 1.54) is 12.1 Å². The van der Waals surface area contributed by atoms with E-state index in [1.807, 2.05) is 0 Å². The molecule has 3 atom stereocenters. The summed E-state index contributed by atoms with van der Waals surface area (Å²) in [6.45, 7) is 2.94. The number of halogens is 2. The van der Waals surface area contributed by atoms with Crippen LogP contribution in [0.25, 0.3) is 0 Å². The number of carbonyl (C=O) groups is 1. The van der Waals surface area contributed by atoms with E-state index in [1.54, 1.807) is 6.07 Å². The fraction of sp³-hybridized carbons (Fsp3) is 0.667. The number of amides is 1. The molecule has 1 aromatic carbocycles. The second-order valence-electron chi connectivity index (χ2n) is 9.60. The second-order valence-corrected chi connectivity index (χ2v) is 10.0. The van der Waals surface area contributed by atoms with Crippen molar-refractivity contribution in [2.75, 3.05) is 33.3 Å². The van der Waals surface area contributed by atoms with Crippen LogP contribution in [-0.2, 0) is 4.79 Å². The van der Waals surface area contributed by atoms with E-state index < -0.39 is 5.82 Å². The van der Waals surface area contributed by atoms with Gasteiger partial charge < -0.3 is 10.1 Å². The van der Waals surface area contributed by atoms with Crippen LogP contribution in [-0.4, -0.2) is 67.6 Å². The lowest BCUT2D eigenvalue weighted by molar-refractivity contribution is -0.146. The van der Waals surface area contributed by atoms with E-state index in [-0.39, 0.29) is 34.9 Å². The molecule has 2 aliphatic heterocycles. The van der Waals surface area contributed by atoms with Gasteiger partial charge in [0.15, 0.2) is 6.61 Å². The van der Waals surface area contributed by atoms with Crippen molar-refractivity contribution in [2.45, 2.75) is 49.1 Å². The molecule has 2 bridgehead atoms. The maximum atomic E-state index is 13.5. The Labute approximate surface area is 186 Å². The first-order chi connectivity index (χ1) is 14.8. The molecule has 5 fully saturated rings. The maximum absolute atomic E-state index is 13.5. The van der Waals surface area contributed by atoms with Gasteiger partial charge in [-0.05, 0) is 44.4 Å². The van der Waals surface area contributed by atoms with Crippen LogP contribution in [0.4, 0.5) is 4.39 Å². The molecule has 2 saturated heterocycles. The molecule has 0 radical (unpaired) electrons. The third-order valence-electron chi connectivity index (χ3n) is 7.03. The van der Waals surface area contributed by atoms with E-state index in [4.69, 9.17) is 16.3 Å². The van der Waals surface area contributed by atoms with Crippen molar-refractivity contribution in [3.8, 4) is 5.75 Å². The van der Waals surface area contributed by atoms with Crippen molar-refractivity contribution in [3.63, 3.8) is 0 Å². The molecule has 8 nitrogen and oxygen atoms in total. The minimum Gasteiger partial charge on any atom is -0.484 e. The zero-order valence-electron chi connectivity index (χ0n) is 17.6. The highest BCUT2D eigenvalue weighted by Gasteiger charge is 2.69. The van der Waals surface area contributed by atoms with Gasteiger partial charge in [0, 0.05) is 49.2 Å². The van der Waals surface area contributed by atoms with Crippen LogP contribution in [0.5, 0.6) is 5.75 Å². The van der Waals surface area contributed by atoms with Crippen LogP contribution >= 0.6 is 11.6 Å². The molecule has 6 rings (SSSR count). The topological polar surface area (TPSA) is 89.7 Å². The fourth-order valence-corrected chi connectivity index (χ4v) is 5.77. The number of ether oxygens (including phenoxy) is 1. The molecule has 3 aliphatic carbocycles. The molecule has 170 valence electrons. The SMILES string of the molecule is CN1CC(C2CCNC(NC34CC(NC(=O)COc5ccc(Cl)c(F)c5)(C3)C4)N2)CN1. The number of nitrogens with zero attached hydrogens (tertiary/aromatic N) is 1. The van der Waals surface area contributed by atoms with Crippen LogP contribution in [0.1, 0.15) is 25.7 Å². The highest BCUT2D eigenvalue weighted by molar-refractivity contribution is 6.30. The first kappa shape index (κ1) is 21.4. The van der Waals surface area contributed by atoms with E-state index >= 15 is 0 Å². The van der Waals surface area contributed by atoms with E-state index in [0.29, 0.717) is 17.7 Å². The number of hydrogen-bond donors (Lipinski definition) is 5. The third kappa shape index (κ3) is 4.40. The Balaban J connectivity index is 1.05. The Morgan fingerprint density at radius 3 is 2.87 bits per heavy atom. The third-order valence-corrected chi connectivity index (χ3v) is 7.34. The molecule has 0 spiro atoms. The predicted octanol–water partition coefficient (Wildman–Crippen LogP) is 0.540. The Kier molecular flexibility index (Phi) is 5.60. The van der Waals surface area contributed by atoms with Gasteiger partial charge in [0.05, 0.1) is 5.02 Å². The van der Waals surface area contributed by atoms with Gasteiger partial charge in [-0.2, -0.15) is 0 Å². The molecule has 31 heavy (non-hydrogen) atoms. The van der Waals surface area contributed by atoms with Crippen molar-refractivity contribution < 1.29 is 13.9 Å². The van der Waals surface area contributed by atoms with E-state index in [2.05, 4.69) is 38.7 Å². The molecular formula is C21H30ClFN6O2. The van der Waals surface area contributed by atoms with Crippen molar-refractivity contribution in [1.82, 2.24) is 31.7 Å². The van der Waals surface area contributed by atoms with E-state index in [9.17, 15) is 9.18 Å². The zero-order chi connectivity index (χ0) is 21.6. The van der Waals surface area contributed by atoms with Crippen molar-refractivity contribution in [3.05, 3.63) is 29.0 Å². The molecule has 5 N–H and O–H groups in total. The monoisotopic (exact) mass is 452 g/mol. The molecule has 3 saturated carbocycles. The highest BCUT2D eigenvalue weighted by atomic mass is 35.5. The Hall–Kier alpha value is -1.49. The number of benzene rings is 1. The summed E-state index contributed by atoms with van der Waals surface area (Å²) < 4.78 is 18.9. The molecular weight excluding hydrogens is 423 g/mol. The van der Waals surface area contributed by atoms with Gasteiger partial charge in [0.25, 0.3) is 5.91 Å². The van der Waals surface area contributed by atoms with Crippen molar-refractivity contribution in [2.24, 2.45) is 5.92 Å². The Morgan fingerprint density at radius 2 is 2.16 bits per heavy atom. The summed E-state index contributed by atoms with van der Waals surface area (Å²) in [7, 11) is 2.09. The average Bonchev–Trinajstić information content (AvgIpc) is 3.13. The number of hydrogen-bond acceptors (Lipinski definition) is 7. The summed E-state index contributed by atoms with van der Waals surface area (Å²) in [4.78, 5) is 12.3. The van der Waals surface area contributed by atoms with Crippen molar-refractivity contribution >= 4 is 17.5 Å². The summed E-state index contributed by atoms with van der Waals surface area (Å²) in [5.74, 6) is 0.163. The highest BCUT2D eigenvalue weighted by Crippen LogP contribution is 2.60. The van der Waals surface area contributed by atoms with Gasteiger partial charge in [-0.25, -0.2) is 9.40 Å². The Morgan fingerprint density at radius 1 is 1.35 bits per heavy atom. The molecule has 2 heterocycles. The van der Waals surface area contributed by atoms with Crippen LogP contribution in [0.2, 0.25) is 5.02 Å². The first-order valence-electron chi connectivity index (χ1n) is 10.9. The summed E-state index contributed by atoms with van der Waals surface area (Å²) >= 11 is 5.66. The second kappa shape index (κ2) is 8.13. The van der Waals surface area contributed by atoms with Crippen molar-refractivity contribution in [1.29, 1.82) is 0 Å². The van der Waals surface area contributed by atoms with Crippen LogP contribution in [0, 0.1) is 11.7 Å². The first-order valence-corrected chi connectivity index (χ1v) is 11.3. The van der Waals surface area contributed by atoms with Gasteiger partial charge in [-0.1, -0.05) is 11.6 Å². The molecule has 1 aromatic rings. The summed E-state index contributed by atoms with van der Waals surface area (Å²) in [5.41, 5.74) is 3.34. The number of hydrazine groups is 1. The number of carbonyl (C=O) groups excluding carboxylic acids is 1. The van der Waals surface area contributed by atoms with Gasteiger partial charge in [0.2, 0.25) is 0 Å². The molecule has 5 aliphatic rings. The van der Waals surface area contributed by atoms with Crippen LogP contribution in [0.15, 0.2) is 18.2 Å². The molecule has 0 aromatic heterocycles. The predicted molar refractivity (Wildman–Crippen MR) is 115 cm³/mol. The van der Waals surface area contributed by atoms with Gasteiger partial charge in [-0.3, -0.25) is 26.2 Å². The maximum Gasteiger partial charge on any atom is 0.258 e. The lowest BCUT2D eigenvalue weighted by Crippen LogP contribution is -2.86. The molecule has 10 heteroatoms. The lowest BCUT2D eigenvalue weighted by Gasteiger charge is -2.71. The van der Waals surface area contributed by atoms with Gasteiger partial charge in [0.1, 0.15) is 17.9 Å². The fourth-order valence-electron chi connectivity index (χ4n) is 5.65. The van der Waals surface area contributed by atoms with E-state index in [0.717, 1.165) is 45.3 Å². The summed E-state index contributed by atoms with van der Waals surface area (Å²) in [6.07, 6.45) is 3.98. The minimum absolute atomic E-state index is 0.0315. The quantitative estimate of drug-likeness (QED) is 0.412. The normalized spacial score (nSPS) is 37.1. The number of nitrogens with one attached hydrogen (secondary N) is 5. The smallest absolute Gasteiger partial charge is 0.258 e. The molecule has 1 amide bonds. The van der Waals surface area contributed by atoms with Crippen LogP contribution < -0.4 is 31.4 Å². The van der Waals surface area contributed by atoms with Gasteiger partial charge >= 0.3 is 0 Å².